The van der Waals surface area contributed by atoms with Crippen molar-refractivity contribution in [1.82, 2.24) is 0 Å². The number of fused-ring (bicyclic) bond motifs is 1. The van der Waals surface area contributed by atoms with E-state index < -0.39 is 38.5 Å². The number of aryl methyl sites for hydroxylation is 1. The molecule has 21 heteroatoms. The van der Waals surface area contributed by atoms with Gasteiger partial charge in [-0.15, -0.1) is 0 Å². The summed E-state index contributed by atoms with van der Waals surface area (Å²) < 4.78 is 90.7. The van der Waals surface area contributed by atoms with Crippen LogP contribution in [0, 0.1) is 70.0 Å². The Morgan fingerprint density at radius 1 is 0.438 bits per heavy atom. The monoisotopic (exact) mass is 1810 g/mol. The second-order valence-electron chi connectivity index (χ2n) is 41.5. The van der Waals surface area contributed by atoms with Crippen molar-refractivity contribution in [1.29, 1.82) is 0 Å². The summed E-state index contributed by atoms with van der Waals surface area (Å²) in [7, 11) is 8.19. The molecule has 5 aromatic rings. The summed E-state index contributed by atoms with van der Waals surface area (Å²) in [6.07, 6.45) is 32.3. The Morgan fingerprint density at radius 3 is 1.29 bits per heavy atom. The third-order valence-electron chi connectivity index (χ3n) is 30.5. The van der Waals surface area contributed by atoms with E-state index in [-0.39, 0.29) is 124 Å². The van der Waals surface area contributed by atoms with Crippen molar-refractivity contribution in [3.8, 4) is 17.2 Å². The standard InChI is InChI=1S/C38H50O8.C38H56O6.C27H38O7.6CH4/c1-7-36(2,3)35(39)46-38-17-26-10-27(18-38)16-37(15-26,24-38)45-23-29-13-28-8-9-43-33(28)14-30(29)22-44-34-31(20-41-5)11-25(19-40-4)12-32(34)21-42-6;1-5-36(3,4)34(39)44-38-21-27-18-28(22-38)20-37(19-27,25-38)35(40)43-33-29(23-41-31-12-8-6-9-13-31)16-26(2)17-30(33)24-42-32-14-10-7-11-15-32;1-5-17(2)24(29)34-27-11-19-6-20(12-27)10-26(9-19,16-27)25(30)33-13-18-7-21(14-31-3)23(28)22(8-18)15-32-4;;;;;;/h8-9,11-14,26-27H,7,10,15-24H2,1-6H3;16-17,27-28,31-32H,5-15,18-25H2,1-4H3;7-8,17,19-20,28H,5-6,9-16H2,1-4H3;6*1H4. The van der Waals surface area contributed by atoms with E-state index >= 15 is 0 Å². The minimum Gasteiger partial charge on any atom is -0.507 e. The van der Waals surface area contributed by atoms with Gasteiger partial charge in [0.2, 0.25) is 0 Å². The van der Waals surface area contributed by atoms with Gasteiger partial charge in [0.15, 0.2) is 0 Å². The van der Waals surface area contributed by atoms with Crippen LogP contribution in [0.2, 0.25) is 0 Å². The maximum atomic E-state index is 14.5. The molecule has 19 rings (SSSR count). The SMILES string of the molecule is C.C.C.C.C.C.CCC(C)(C)C(=O)OC12CC3CC(C1)CC(C(=O)Oc1c(COC4CCCCC4)cc(C)cc1COC1CCCCC1)(C3)C2.CCC(C)(C)C(=O)OC12CC3CC(CC(OCc4cc5ccoc5cc4COc4c(COC)cc(COC)cc4COC)(C3)C1)C2.CCC(C)C(=O)OC12CC3CC(C1)CC(C(=O)OCc1cc(COC)c(O)c(COC)c1)(C3)C2. The number of rotatable bonds is 36. The average molecular weight is 1810 g/mol. The van der Waals surface area contributed by atoms with E-state index in [1.165, 1.54) is 44.9 Å². The highest BCUT2D eigenvalue weighted by molar-refractivity contribution is 5.82. The van der Waals surface area contributed by atoms with E-state index in [2.05, 4.69) is 50.2 Å². The maximum absolute atomic E-state index is 14.5. The fourth-order valence-electron chi connectivity index (χ4n) is 24.5. The molecule has 0 aliphatic heterocycles. The molecule has 14 saturated carbocycles. The van der Waals surface area contributed by atoms with Crippen molar-refractivity contribution < 1.29 is 99.8 Å². The lowest BCUT2D eigenvalue weighted by Crippen LogP contribution is -2.61. The molecule has 7 atom stereocenters. The Kier molecular flexibility index (Phi) is 38.4. The summed E-state index contributed by atoms with van der Waals surface area (Å²) in [5.41, 5.74) is 6.89. The number of esters is 5. The quantitative estimate of drug-likeness (QED) is 0.0222. The number of carbonyl (C=O) groups excluding carboxylic acids is 5. The molecule has 21 nitrogen and oxygen atoms in total. The van der Waals surface area contributed by atoms with Crippen LogP contribution in [-0.4, -0.2) is 105 Å². The van der Waals surface area contributed by atoms with Crippen LogP contribution in [0.1, 0.15) is 360 Å². The number of carbonyl (C=O) groups is 5. The van der Waals surface area contributed by atoms with Crippen LogP contribution in [0.4, 0.5) is 0 Å². The molecule has 1 heterocycles. The number of hydrogen-bond acceptors (Lipinski definition) is 21. The summed E-state index contributed by atoms with van der Waals surface area (Å²) >= 11 is 0. The minimum absolute atomic E-state index is 0. The molecule has 0 spiro atoms. The molecule has 0 radical (unpaired) electrons. The number of ether oxygens (including phenoxy) is 14. The normalized spacial score (nSPS) is 27.3. The van der Waals surface area contributed by atoms with Gasteiger partial charge in [-0.1, -0.05) is 128 Å². The third-order valence-corrected chi connectivity index (χ3v) is 30.5. The van der Waals surface area contributed by atoms with Gasteiger partial charge in [0, 0.05) is 93.6 Å². The van der Waals surface area contributed by atoms with E-state index in [0.717, 1.165) is 208 Å². The average Bonchev–Trinajstić information content (AvgIpc) is 0.741. The Hall–Kier alpha value is -6.95. The van der Waals surface area contributed by atoms with Crippen molar-refractivity contribution in [2.45, 2.75) is 407 Å². The zero-order valence-corrected chi connectivity index (χ0v) is 77.1. The zero-order chi connectivity index (χ0) is 88.0. The molecule has 12 bridgehead atoms. The number of aromatic hydroxyl groups is 1. The van der Waals surface area contributed by atoms with Gasteiger partial charge in [0.1, 0.15) is 52.8 Å². The van der Waals surface area contributed by atoms with Gasteiger partial charge in [-0.25, -0.2) is 0 Å². The van der Waals surface area contributed by atoms with Crippen LogP contribution < -0.4 is 9.47 Å². The van der Waals surface area contributed by atoms with E-state index in [9.17, 15) is 29.1 Å². The van der Waals surface area contributed by atoms with Gasteiger partial charge in [-0.3, -0.25) is 24.0 Å². The summed E-state index contributed by atoms with van der Waals surface area (Å²) in [4.78, 5) is 67.3. The predicted octanol–water partition coefficient (Wildman–Crippen LogP) is 25.4. The van der Waals surface area contributed by atoms with Crippen molar-refractivity contribution in [2.75, 3.05) is 35.5 Å². The first-order valence-corrected chi connectivity index (χ1v) is 47.1. The largest absolute Gasteiger partial charge is 0.507 e. The molecule has 0 amide bonds. The fraction of sp³-hybridized carbons (Fsp3) is 0.716. The van der Waals surface area contributed by atoms with Gasteiger partial charge in [-0.05, 0) is 276 Å². The molecule has 14 aliphatic carbocycles. The van der Waals surface area contributed by atoms with Crippen molar-refractivity contribution in [2.24, 2.45) is 63.1 Å². The van der Waals surface area contributed by atoms with E-state index in [1.807, 2.05) is 54.5 Å². The van der Waals surface area contributed by atoms with Crippen molar-refractivity contribution in [3.05, 3.63) is 122 Å². The molecule has 14 fully saturated rings. The summed E-state index contributed by atoms with van der Waals surface area (Å²) in [6, 6.07) is 18.2. The topological polar surface area (TPSA) is 248 Å². The van der Waals surface area contributed by atoms with Gasteiger partial charge in [0.05, 0.1) is 105 Å². The van der Waals surface area contributed by atoms with Crippen LogP contribution in [-0.2, 0) is 147 Å². The Labute approximate surface area is 781 Å². The Morgan fingerprint density at radius 2 is 0.838 bits per heavy atom. The van der Waals surface area contributed by atoms with Crippen LogP contribution in [0.15, 0.2) is 65.3 Å². The van der Waals surface area contributed by atoms with E-state index in [4.69, 9.17) is 70.7 Å². The summed E-state index contributed by atoms with van der Waals surface area (Å²) in [6.45, 7) is 21.6. The van der Waals surface area contributed by atoms with Gasteiger partial charge in [0.25, 0.3) is 0 Å². The molecular weight excluding hydrogens is 1650 g/mol. The molecule has 1 aromatic heterocycles. The summed E-state index contributed by atoms with van der Waals surface area (Å²) in [5.74, 6) is 3.34. The third kappa shape index (κ3) is 24.8. The lowest BCUT2D eigenvalue weighted by atomic mass is 9.48. The smallest absolute Gasteiger partial charge is 0.317 e. The molecule has 730 valence electrons. The first-order valence-electron chi connectivity index (χ1n) is 47.1. The molecule has 4 aromatic carbocycles. The van der Waals surface area contributed by atoms with Gasteiger partial charge < -0.3 is 75.8 Å². The first kappa shape index (κ1) is 108. The van der Waals surface area contributed by atoms with E-state index in [1.54, 1.807) is 53.9 Å². The lowest BCUT2D eigenvalue weighted by Gasteiger charge is -2.61. The van der Waals surface area contributed by atoms with Crippen LogP contribution in [0.25, 0.3) is 11.0 Å². The number of benzene rings is 4. The minimum atomic E-state index is -0.616. The highest BCUT2D eigenvalue weighted by atomic mass is 16.6. The zero-order valence-electron chi connectivity index (χ0n) is 77.1. The van der Waals surface area contributed by atoms with Crippen LogP contribution >= 0.6 is 0 Å². The molecular formula is C109H168O21. The van der Waals surface area contributed by atoms with Crippen LogP contribution in [0.5, 0.6) is 17.2 Å². The Bertz CT molecular complexity index is 4400. The lowest BCUT2D eigenvalue weighted by molar-refractivity contribution is -0.241. The number of phenols is 1. The van der Waals surface area contributed by atoms with E-state index in [0.29, 0.717) is 111 Å². The van der Waals surface area contributed by atoms with Crippen molar-refractivity contribution in [3.63, 3.8) is 0 Å². The number of phenolic OH excluding ortho intramolecular Hbond substituents is 1. The molecule has 1 N–H and O–H groups in total. The molecule has 0 saturated heterocycles. The molecule has 130 heavy (non-hydrogen) atoms. The number of hydrogen-bond donors (Lipinski definition) is 1. The second-order valence-corrected chi connectivity index (χ2v) is 41.5. The summed E-state index contributed by atoms with van der Waals surface area (Å²) in [5, 5.41) is 11.5. The second kappa shape index (κ2) is 46.1. The highest BCUT2D eigenvalue weighted by Gasteiger charge is 2.66. The number of furan rings is 1. The highest BCUT2D eigenvalue weighted by Crippen LogP contribution is 2.66. The van der Waals surface area contributed by atoms with Crippen LogP contribution in [0.3, 0.4) is 0 Å². The first-order chi connectivity index (χ1) is 59.4. The van der Waals surface area contributed by atoms with Gasteiger partial charge in [-0.2, -0.15) is 0 Å². The maximum Gasteiger partial charge on any atom is 0.317 e. The number of methoxy groups -OCH3 is 5. The van der Waals surface area contributed by atoms with Crippen molar-refractivity contribution >= 4 is 40.8 Å². The molecule has 7 unspecified atom stereocenters. The Balaban J connectivity index is 0.000000238. The van der Waals surface area contributed by atoms with Gasteiger partial charge >= 0.3 is 29.8 Å². The predicted molar refractivity (Wildman–Crippen MR) is 509 cm³/mol. The molecule has 14 aliphatic rings. The fourth-order valence-corrected chi connectivity index (χ4v) is 24.5.